The summed E-state index contributed by atoms with van der Waals surface area (Å²) in [6.45, 7) is 0. The van der Waals surface area contributed by atoms with Crippen molar-refractivity contribution in [1.82, 2.24) is 14.3 Å². The third kappa shape index (κ3) is 1.55. The molecule has 3 aliphatic carbocycles. The third-order valence-corrected chi connectivity index (χ3v) is 5.65. The second kappa shape index (κ2) is 3.91. The van der Waals surface area contributed by atoms with Crippen molar-refractivity contribution in [3.8, 4) is 6.07 Å². The summed E-state index contributed by atoms with van der Waals surface area (Å²) in [6, 6.07) is 9.42. The molecule has 3 saturated carbocycles. The van der Waals surface area contributed by atoms with Gasteiger partial charge in [0.25, 0.3) is 0 Å². The lowest BCUT2D eigenvalue weighted by Crippen LogP contribution is -2.72. The largest absolute Gasteiger partial charge is 0.347 e. The van der Waals surface area contributed by atoms with E-state index in [0.29, 0.717) is 24.8 Å². The minimum atomic E-state index is -1.04. The van der Waals surface area contributed by atoms with E-state index in [2.05, 4.69) is 11.2 Å². The fourth-order valence-corrected chi connectivity index (χ4v) is 4.54. The Morgan fingerprint density at radius 3 is 2.57 bits per heavy atom. The van der Waals surface area contributed by atoms with Crippen LogP contribution in [0.2, 0.25) is 0 Å². The Kier molecular flexibility index (Phi) is 2.22. The number of nitriles is 1. The molecule has 6 rings (SSSR count). The Morgan fingerprint density at radius 1 is 1.26 bits per heavy atom. The van der Waals surface area contributed by atoms with Crippen LogP contribution in [0.15, 0.2) is 29.1 Å². The zero-order chi connectivity index (χ0) is 15.8. The fraction of sp³-hybridized carbons (Fsp3) is 0.471. The Hall–Kier alpha value is -2.42. The number of hydrogen-bond donors (Lipinski definition) is 0. The van der Waals surface area contributed by atoms with E-state index in [9.17, 15) is 9.18 Å². The zero-order valence-corrected chi connectivity index (χ0v) is 12.5. The van der Waals surface area contributed by atoms with E-state index >= 15 is 0 Å². The molecule has 1 aromatic heterocycles. The number of aromatic nitrogens is 3. The second-order valence-electron chi connectivity index (χ2n) is 7.17. The predicted molar refractivity (Wildman–Crippen MR) is 79.8 cm³/mol. The Labute approximate surface area is 132 Å². The molecule has 2 aromatic rings. The number of alkyl halides is 1. The molecule has 0 radical (unpaired) electrons. The molecule has 0 amide bonds. The maximum absolute atomic E-state index is 13.8. The molecule has 5 nitrogen and oxygen atoms in total. The first-order valence-electron chi connectivity index (χ1n) is 7.94. The van der Waals surface area contributed by atoms with Crippen molar-refractivity contribution in [1.29, 1.82) is 5.26 Å². The van der Waals surface area contributed by atoms with Crippen molar-refractivity contribution >= 4 is 0 Å². The summed E-state index contributed by atoms with van der Waals surface area (Å²) < 4.78 is 17.1. The van der Waals surface area contributed by atoms with Gasteiger partial charge in [-0.2, -0.15) is 10.4 Å². The van der Waals surface area contributed by atoms with E-state index in [1.165, 1.54) is 0 Å². The third-order valence-electron chi connectivity index (χ3n) is 5.65. The first-order valence-corrected chi connectivity index (χ1v) is 7.94. The average molecular weight is 310 g/mol. The van der Waals surface area contributed by atoms with E-state index in [-0.39, 0.29) is 17.3 Å². The molecule has 1 atom stereocenters. The van der Waals surface area contributed by atoms with Crippen LogP contribution in [-0.4, -0.2) is 20.0 Å². The predicted octanol–water partition coefficient (Wildman–Crippen LogP) is 2.05. The van der Waals surface area contributed by atoms with Gasteiger partial charge in [-0.05, 0) is 24.1 Å². The van der Waals surface area contributed by atoms with Crippen LogP contribution in [0.4, 0.5) is 4.39 Å². The summed E-state index contributed by atoms with van der Waals surface area (Å²) in [5.41, 5.74) is 0.105. The zero-order valence-electron chi connectivity index (χ0n) is 12.5. The van der Waals surface area contributed by atoms with Gasteiger partial charge in [0.15, 0.2) is 0 Å². The molecule has 4 aliphatic rings. The molecule has 0 spiro atoms. The summed E-state index contributed by atoms with van der Waals surface area (Å²) in [5.74, 6) is 0.794. The quantitative estimate of drug-likeness (QED) is 0.853. The molecule has 3 fully saturated rings. The highest BCUT2D eigenvalue weighted by molar-refractivity contribution is 5.34. The van der Waals surface area contributed by atoms with Gasteiger partial charge in [0.05, 0.1) is 23.2 Å². The maximum Gasteiger partial charge on any atom is 0.347 e. The van der Waals surface area contributed by atoms with Gasteiger partial charge in [0.1, 0.15) is 11.5 Å². The average Bonchev–Trinajstić information content (AvgIpc) is 3.04. The van der Waals surface area contributed by atoms with Gasteiger partial charge in [-0.1, -0.05) is 12.1 Å². The van der Waals surface area contributed by atoms with E-state index < -0.39 is 5.67 Å². The smallest absolute Gasteiger partial charge is 0.271 e. The molecular formula is C17H15FN4O. The van der Waals surface area contributed by atoms with Crippen molar-refractivity contribution in [2.45, 2.75) is 49.4 Å². The van der Waals surface area contributed by atoms with E-state index in [4.69, 9.17) is 5.26 Å². The lowest BCUT2D eigenvalue weighted by atomic mass is 9.47. The van der Waals surface area contributed by atoms with Gasteiger partial charge in [0.2, 0.25) is 0 Å². The summed E-state index contributed by atoms with van der Waals surface area (Å²) in [5, 5.41) is 13.4. The Morgan fingerprint density at radius 2 is 1.96 bits per heavy atom. The highest BCUT2D eigenvalue weighted by Gasteiger charge is 2.71. The summed E-state index contributed by atoms with van der Waals surface area (Å²) in [4.78, 5) is 12.8. The fourth-order valence-electron chi connectivity index (χ4n) is 4.54. The lowest BCUT2D eigenvalue weighted by molar-refractivity contribution is -0.205. The molecule has 0 saturated heterocycles. The van der Waals surface area contributed by atoms with Gasteiger partial charge >= 0.3 is 5.69 Å². The second-order valence-corrected chi connectivity index (χ2v) is 7.17. The van der Waals surface area contributed by atoms with Gasteiger partial charge in [0, 0.05) is 25.7 Å². The van der Waals surface area contributed by atoms with Crippen LogP contribution in [-0.2, 0) is 12.0 Å². The number of hydrogen-bond acceptors (Lipinski definition) is 3. The maximum atomic E-state index is 13.8. The van der Waals surface area contributed by atoms with Crippen LogP contribution < -0.4 is 5.69 Å². The number of fused-ring (bicyclic) bond motifs is 1. The monoisotopic (exact) mass is 310 g/mol. The minimum absolute atomic E-state index is 0.0364. The number of rotatable bonds is 2. The van der Waals surface area contributed by atoms with Gasteiger partial charge in [-0.25, -0.2) is 13.9 Å². The molecule has 2 bridgehead atoms. The van der Waals surface area contributed by atoms with Crippen LogP contribution in [0.25, 0.3) is 0 Å². The van der Waals surface area contributed by atoms with E-state index in [1.807, 2.05) is 12.1 Å². The molecule has 6 heteroatoms. The van der Waals surface area contributed by atoms with Crippen LogP contribution in [0.5, 0.6) is 0 Å². The highest BCUT2D eigenvalue weighted by Crippen LogP contribution is 2.66. The number of halogens is 1. The van der Waals surface area contributed by atoms with Crippen LogP contribution in [0, 0.1) is 11.3 Å². The molecule has 116 valence electrons. The van der Waals surface area contributed by atoms with Gasteiger partial charge < -0.3 is 0 Å². The number of benzene rings is 1. The van der Waals surface area contributed by atoms with Crippen molar-refractivity contribution < 1.29 is 4.39 Å². The van der Waals surface area contributed by atoms with Crippen molar-refractivity contribution in [3.63, 3.8) is 0 Å². The normalized spacial score (nSPS) is 33.5. The summed E-state index contributed by atoms with van der Waals surface area (Å²) in [7, 11) is 0. The van der Waals surface area contributed by atoms with Crippen molar-refractivity contribution in [3.05, 3.63) is 51.7 Å². The van der Waals surface area contributed by atoms with Crippen LogP contribution >= 0.6 is 0 Å². The molecule has 0 N–H and O–H groups in total. The molecular weight excluding hydrogens is 295 g/mol. The topological polar surface area (TPSA) is 63.6 Å². The van der Waals surface area contributed by atoms with Gasteiger partial charge in [-0.15, -0.1) is 0 Å². The van der Waals surface area contributed by atoms with Crippen molar-refractivity contribution in [2.24, 2.45) is 0 Å². The first-order chi connectivity index (χ1) is 11.0. The SMILES string of the molecule is N#Cc1ccc(C2CCc3nn(C45CC(F)(C4)C5)c(=O)n32)cc1. The van der Waals surface area contributed by atoms with Gasteiger partial charge in [-0.3, -0.25) is 4.57 Å². The Bertz CT molecular complexity index is 898. The molecule has 1 unspecified atom stereocenters. The van der Waals surface area contributed by atoms with E-state index in [0.717, 1.165) is 24.2 Å². The summed E-state index contributed by atoms with van der Waals surface area (Å²) >= 11 is 0. The van der Waals surface area contributed by atoms with E-state index in [1.54, 1.807) is 21.4 Å². The molecule has 23 heavy (non-hydrogen) atoms. The molecule has 1 aromatic carbocycles. The highest BCUT2D eigenvalue weighted by atomic mass is 19.1. The molecule has 1 aliphatic heterocycles. The van der Waals surface area contributed by atoms with Crippen LogP contribution in [0.3, 0.4) is 0 Å². The number of aryl methyl sites for hydroxylation is 1. The van der Waals surface area contributed by atoms with Crippen molar-refractivity contribution in [2.75, 3.05) is 0 Å². The summed E-state index contributed by atoms with van der Waals surface area (Å²) in [6.07, 6.45) is 2.88. The Balaban J connectivity index is 1.54. The first kappa shape index (κ1) is 13.1. The standard InChI is InChI=1S/C17H15FN4O/c18-16-8-17(9-16,10-16)22-15(23)21-13(5-6-14(21)20-22)12-3-1-11(7-19)2-4-12/h1-4,13H,5-6,8-10H2. The minimum Gasteiger partial charge on any atom is -0.271 e. The molecule has 2 heterocycles. The number of nitrogens with zero attached hydrogens (tertiary/aromatic N) is 4. The van der Waals surface area contributed by atoms with Crippen LogP contribution in [0.1, 0.15) is 48.7 Å². The lowest BCUT2D eigenvalue weighted by Gasteiger charge is -2.64.